The average Bonchev–Trinajstić information content (AvgIpc) is 3.25. The number of hydrogen-bond acceptors (Lipinski definition) is 4. The van der Waals surface area contributed by atoms with Crippen molar-refractivity contribution in [2.75, 3.05) is 5.32 Å². The number of carbonyl (C=O) groups is 2. The van der Waals surface area contributed by atoms with Gasteiger partial charge in [-0.05, 0) is 36.6 Å². The van der Waals surface area contributed by atoms with Crippen molar-refractivity contribution < 1.29 is 14.7 Å². The van der Waals surface area contributed by atoms with Gasteiger partial charge in [-0.2, -0.15) is 5.10 Å². The highest BCUT2D eigenvalue weighted by Gasteiger charge is 2.36. The van der Waals surface area contributed by atoms with E-state index in [1.165, 1.54) is 4.88 Å². The van der Waals surface area contributed by atoms with Gasteiger partial charge in [-0.25, -0.2) is 4.68 Å². The van der Waals surface area contributed by atoms with E-state index in [1.807, 2.05) is 24.4 Å². The van der Waals surface area contributed by atoms with Gasteiger partial charge in [-0.1, -0.05) is 25.3 Å². The van der Waals surface area contributed by atoms with Crippen LogP contribution in [0.15, 0.2) is 29.8 Å². The fraction of sp³-hybridized carbons (Fsp3) is 0.526. The largest absolute Gasteiger partial charge is 0.481 e. The van der Waals surface area contributed by atoms with E-state index in [2.05, 4.69) is 10.4 Å². The predicted octanol–water partition coefficient (Wildman–Crippen LogP) is 4.31. The van der Waals surface area contributed by atoms with E-state index in [9.17, 15) is 14.7 Å². The lowest BCUT2D eigenvalue weighted by Crippen LogP contribution is -2.32. The van der Waals surface area contributed by atoms with Crippen LogP contribution in [0.25, 0.3) is 0 Å². The van der Waals surface area contributed by atoms with E-state index >= 15 is 0 Å². The lowest BCUT2D eigenvalue weighted by atomic mass is 9.69. The van der Waals surface area contributed by atoms with Crippen LogP contribution >= 0.6 is 11.3 Å². The zero-order valence-electron chi connectivity index (χ0n) is 15.0. The third-order valence-corrected chi connectivity index (χ3v) is 6.28. The highest BCUT2D eigenvalue weighted by molar-refractivity contribution is 7.10. The number of aliphatic carboxylic acids is 1. The van der Waals surface area contributed by atoms with Crippen LogP contribution in [0.3, 0.4) is 0 Å². The zero-order chi connectivity index (χ0) is 18.6. The molecule has 6 nitrogen and oxygen atoms in total. The number of nitrogens with one attached hydrogen (secondary N) is 1. The average molecular weight is 375 g/mol. The second-order valence-corrected chi connectivity index (χ2v) is 8.19. The molecule has 7 heteroatoms. The lowest BCUT2D eigenvalue weighted by Gasteiger charge is -2.35. The molecule has 1 aliphatic rings. The lowest BCUT2D eigenvalue weighted by molar-refractivity contribution is -0.140. The molecule has 2 aromatic rings. The molecule has 2 heterocycles. The van der Waals surface area contributed by atoms with E-state index < -0.39 is 11.4 Å². The van der Waals surface area contributed by atoms with Crippen molar-refractivity contribution in [3.8, 4) is 0 Å². The maximum absolute atomic E-state index is 12.7. The Balaban J connectivity index is 1.70. The molecular weight excluding hydrogens is 350 g/mol. The van der Waals surface area contributed by atoms with E-state index in [-0.39, 0.29) is 24.8 Å². The molecule has 140 valence electrons. The smallest absolute Gasteiger partial charge is 0.303 e. The second-order valence-electron chi connectivity index (χ2n) is 7.21. The molecule has 1 aliphatic carbocycles. The predicted molar refractivity (Wildman–Crippen MR) is 101 cm³/mol. The molecule has 0 saturated heterocycles. The second kappa shape index (κ2) is 8.03. The van der Waals surface area contributed by atoms with Crippen LogP contribution in [0.1, 0.15) is 62.8 Å². The quantitative estimate of drug-likeness (QED) is 0.755. The number of aromatic nitrogens is 2. The standard InChI is InChI=1S/C19H25N3O3S/c1-14(15-6-5-11-26-15)22-16(7-10-20-22)21-17(23)12-19(13-18(24)25)8-3-2-4-9-19/h5-7,10-11,14H,2-4,8-9,12-13H2,1H3,(H,21,23)(H,24,25). The van der Waals surface area contributed by atoms with E-state index in [0.717, 1.165) is 32.1 Å². The summed E-state index contributed by atoms with van der Waals surface area (Å²) in [5.74, 6) is -0.304. The first kappa shape index (κ1) is 18.6. The Morgan fingerprint density at radius 2 is 2.08 bits per heavy atom. The van der Waals surface area contributed by atoms with Crippen LogP contribution in [-0.2, 0) is 9.59 Å². The molecule has 1 atom stereocenters. The Kier molecular flexibility index (Phi) is 5.76. The van der Waals surface area contributed by atoms with Gasteiger partial charge in [0.1, 0.15) is 5.82 Å². The van der Waals surface area contributed by atoms with Crippen molar-refractivity contribution in [2.24, 2.45) is 5.41 Å². The minimum atomic E-state index is -0.823. The molecule has 1 unspecified atom stereocenters. The van der Waals surface area contributed by atoms with Gasteiger partial charge in [0.15, 0.2) is 0 Å². The molecule has 0 bridgehead atoms. The molecule has 1 fully saturated rings. The van der Waals surface area contributed by atoms with Crippen molar-refractivity contribution in [1.29, 1.82) is 0 Å². The zero-order valence-corrected chi connectivity index (χ0v) is 15.8. The first-order chi connectivity index (χ1) is 12.5. The third kappa shape index (κ3) is 4.33. The molecular formula is C19H25N3O3S. The van der Waals surface area contributed by atoms with E-state index in [1.54, 1.807) is 28.3 Å². The van der Waals surface area contributed by atoms with Crippen molar-refractivity contribution in [1.82, 2.24) is 9.78 Å². The number of carbonyl (C=O) groups excluding carboxylic acids is 1. The third-order valence-electron chi connectivity index (χ3n) is 5.24. The number of nitrogens with zero attached hydrogens (tertiary/aromatic N) is 2. The molecule has 1 amide bonds. The number of carboxylic acids is 1. The maximum Gasteiger partial charge on any atom is 0.303 e. The van der Waals surface area contributed by atoms with Gasteiger partial charge in [0.25, 0.3) is 0 Å². The molecule has 3 rings (SSSR count). The van der Waals surface area contributed by atoms with Gasteiger partial charge < -0.3 is 10.4 Å². The molecule has 1 saturated carbocycles. The van der Waals surface area contributed by atoms with Gasteiger partial charge in [0.05, 0.1) is 18.7 Å². The molecule has 26 heavy (non-hydrogen) atoms. The summed E-state index contributed by atoms with van der Waals surface area (Å²) in [7, 11) is 0. The van der Waals surface area contributed by atoms with Gasteiger partial charge >= 0.3 is 5.97 Å². The van der Waals surface area contributed by atoms with Crippen molar-refractivity contribution in [3.05, 3.63) is 34.7 Å². The molecule has 0 aliphatic heterocycles. The Bertz CT molecular complexity index is 748. The number of thiophene rings is 1. The molecule has 2 aromatic heterocycles. The summed E-state index contributed by atoms with van der Waals surface area (Å²) >= 11 is 1.65. The number of carboxylic acid groups (broad SMARTS) is 1. The van der Waals surface area contributed by atoms with Crippen LogP contribution in [0.2, 0.25) is 0 Å². The Labute approximate surface area is 157 Å². The van der Waals surface area contributed by atoms with Crippen LogP contribution in [0.5, 0.6) is 0 Å². The van der Waals surface area contributed by atoms with Crippen LogP contribution in [-0.4, -0.2) is 26.8 Å². The number of hydrogen-bond donors (Lipinski definition) is 2. The summed E-state index contributed by atoms with van der Waals surface area (Å²) in [5, 5.41) is 18.6. The Morgan fingerprint density at radius 3 is 2.73 bits per heavy atom. The summed E-state index contributed by atoms with van der Waals surface area (Å²) < 4.78 is 1.80. The van der Waals surface area contributed by atoms with Crippen molar-refractivity contribution in [2.45, 2.75) is 57.9 Å². The number of amides is 1. The first-order valence-electron chi connectivity index (χ1n) is 9.08. The van der Waals surface area contributed by atoms with Crippen molar-refractivity contribution in [3.63, 3.8) is 0 Å². The summed E-state index contributed by atoms with van der Waals surface area (Å²) in [6.07, 6.45) is 6.70. The molecule has 2 N–H and O–H groups in total. The SMILES string of the molecule is CC(c1cccs1)n1nccc1NC(=O)CC1(CC(=O)O)CCCCC1. The summed E-state index contributed by atoms with van der Waals surface area (Å²) in [6.45, 7) is 2.04. The summed E-state index contributed by atoms with van der Waals surface area (Å²) in [5.41, 5.74) is -0.418. The highest BCUT2D eigenvalue weighted by atomic mass is 32.1. The number of rotatable bonds is 7. The minimum absolute atomic E-state index is 0.0305. The van der Waals surface area contributed by atoms with Gasteiger partial charge in [-0.15, -0.1) is 11.3 Å². The fourth-order valence-electron chi connectivity index (χ4n) is 3.94. The van der Waals surface area contributed by atoms with Crippen molar-refractivity contribution >= 4 is 29.0 Å². The van der Waals surface area contributed by atoms with E-state index in [0.29, 0.717) is 5.82 Å². The van der Waals surface area contributed by atoms with Crippen LogP contribution < -0.4 is 5.32 Å². The van der Waals surface area contributed by atoms with Crippen LogP contribution in [0, 0.1) is 5.41 Å². The maximum atomic E-state index is 12.7. The number of anilines is 1. The minimum Gasteiger partial charge on any atom is -0.481 e. The monoisotopic (exact) mass is 375 g/mol. The Morgan fingerprint density at radius 1 is 1.31 bits per heavy atom. The van der Waals surface area contributed by atoms with Gasteiger partial charge in [0.2, 0.25) is 5.91 Å². The normalized spacial score (nSPS) is 17.6. The summed E-state index contributed by atoms with van der Waals surface area (Å²) in [4.78, 5) is 25.2. The first-order valence-corrected chi connectivity index (χ1v) is 9.96. The fourth-order valence-corrected chi connectivity index (χ4v) is 4.71. The Hall–Kier alpha value is -2.15. The summed E-state index contributed by atoms with van der Waals surface area (Å²) in [6, 6.07) is 5.86. The highest BCUT2D eigenvalue weighted by Crippen LogP contribution is 2.42. The van der Waals surface area contributed by atoms with E-state index in [4.69, 9.17) is 0 Å². The molecule has 0 spiro atoms. The van der Waals surface area contributed by atoms with Crippen LogP contribution in [0.4, 0.5) is 5.82 Å². The molecule has 0 radical (unpaired) electrons. The van der Waals surface area contributed by atoms with Gasteiger partial charge in [-0.3, -0.25) is 9.59 Å². The molecule has 0 aromatic carbocycles. The topological polar surface area (TPSA) is 84.2 Å². The van der Waals surface area contributed by atoms with Gasteiger partial charge in [0, 0.05) is 17.4 Å².